The predicted octanol–water partition coefficient (Wildman–Crippen LogP) is 0.830. The van der Waals surface area contributed by atoms with Crippen molar-refractivity contribution in [2.75, 3.05) is 20.6 Å². The van der Waals surface area contributed by atoms with Crippen LogP contribution in [-0.2, 0) is 6.42 Å². The van der Waals surface area contributed by atoms with Crippen molar-refractivity contribution in [3.8, 4) is 0 Å². The second-order valence-corrected chi connectivity index (χ2v) is 4.51. The molecule has 5 heteroatoms. The van der Waals surface area contributed by atoms with Gasteiger partial charge < -0.3 is 15.2 Å². The summed E-state index contributed by atoms with van der Waals surface area (Å²) in [5.74, 6) is 1.79. The summed E-state index contributed by atoms with van der Waals surface area (Å²) in [6.07, 6.45) is 0.807. The highest BCUT2D eigenvalue weighted by atomic mass is 16.5. The molecule has 86 valence electrons. The highest BCUT2D eigenvalue weighted by Crippen LogP contribution is 2.10. The second-order valence-electron chi connectivity index (χ2n) is 4.51. The lowest BCUT2D eigenvalue weighted by Crippen LogP contribution is -2.26. The summed E-state index contributed by atoms with van der Waals surface area (Å²) in [7, 11) is 3.93. The van der Waals surface area contributed by atoms with Gasteiger partial charge in [0.15, 0.2) is 5.82 Å². The molecule has 0 amide bonds. The summed E-state index contributed by atoms with van der Waals surface area (Å²) in [5, 5.41) is 3.88. The molecule has 0 aliphatic carbocycles. The molecule has 1 unspecified atom stereocenters. The summed E-state index contributed by atoms with van der Waals surface area (Å²) < 4.78 is 5.12. The second kappa shape index (κ2) is 5.23. The zero-order chi connectivity index (χ0) is 11.4. The van der Waals surface area contributed by atoms with E-state index in [0.29, 0.717) is 17.6 Å². The van der Waals surface area contributed by atoms with Gasteiger partial charge in [0.2, 0.25) is 5.89 Å². The van der Waals surface area contributed by atoms with Gasteiger partial charge in [-0.2, -0.15) is 4.98 Å². The monoisotopic (exact) mass is 212 g/mol. The van der Waals surface area contributed by atoms with Gasteiger partial charge >= 0.3 is 0 Å². The molecule has 0 spiro atoms. The first kappa shape index (κ1) is 12.1. The number of likely N-dealkylation sites (N-methyl/N-ethyl adjacent to an activating group) is 1. The number of nitrogens with zero attached hydrogens (tertiary/aromatic N) is 3. The van der Waals surface area contributed by atoms with Crippen LogP contribution in [0.25, 0.3) is 0 Å². The fourth-order valence-electron chi connectivity index (χ4n) is 1.33. The van der Waals surface area contributed by atoms with E-state index in [1.807, 2.05) is 19.0 Å². The first-order chi connectivity index (χ1) is 6.99. The Morgan fingerprint density at radius 2 is 2.07 bits per heavy atom. The Morgan fingerprint density at radius 3 is 2.60 bits per heavy atom. The summed E-state index contributed by atoms with van der Waals surface area (Å²) >= 11 is 0. The molecule has 0 bridgehead atoms. The molecule has 0 fully saturated rings. The smallest absolute Gasteiger partial charge is 0.226 e. The molecular formula is C10H20N4O. The third-order valence-electron chi connectivity index (χ3n) is 1.96. The van der Waals surface area contributed by atoms with Gasteiger partial charge in [0.1, 0.15) is 0 Å². The van der Waals surface area contributed by atoms with Gasteiger partial charge in [0, 0.05) is 13.0 Å². The van der Waals surface area contributed by atoms with Crippen LogP contribution in [0.5, 0.6) is 0 Å². The highest BCUT2D eigenvalue weighted by Gasteiger charge is 2.15. The van der Waals surface area contributed by atoms with Crippen LogP contribution in [0, 0.1) is 5.92 Å². The van der Waals surface area contributed by atoms with Gasteiger partial charge in [-0.3, -0.25) is 0 Å². The van der Waals surface area contributed by atoms with Crippen molar-refractivity contribution in [3.05, 3.63) is 11.7 Å². The number of rotatable bonds is 5. The summed E-state index contributed by atoms with van der Waals surface area (Å²) in [4.78, 5) is 6.28. The molecule has 15 heavy (non-hydrogen) atoms. The maximum Gasteiger partial charge on any atom is 0.226 e. The average molecular weight is 212 g/mol. The van der Waals surface area contributed by atoms with Gasteiger partial charge in [-0.15, -0.1) is 0 Å². The molecule has 1 atom stereocenters. The molecule has 0 saturated carbocycles. The van der Waals surface area contributed by atoms with Crippen LogP contribution < -0.4 is 5.73 Å². The molecule has 5 nitrogen and oxygen atoms in total. The van der Waals surface area contributed by atoms with Crippen LogP contribution in [-0.4, -0.2) is 35.7 Å². The Hall–Kier alpha value is -0.940. The maximum atomic E-state index is 5.91. The standard InChI is InChI=1S/C10H20N4O/c1-7(2)5-9-12-10(13-15-9)8(11)6-14(3)4/h7-8H,5-6,11H2,1-4H3. The van der Waals surface area contributed by atoms with Crippen LogP contribution in [0.3, 0.4) is 0 Å². The molecule has 1 heterocycles. The zero-order valence-corrected chi connectivity index (χ0v) is 9.90. The topological polar surface area (TPSA) is 68.2 Å². The largest absolute Gasteiger partial charge is 0.339 e. The highest BCUT2D eigenvalue weighted by molar-refractivity contribution is 4.94. The van der Waals surface area contributed by atoms with Crippen LogP contribution >= 0.6 is 0 Å². The van der Waals surface area contributed by atoms with Crippen LogP contribution in [0.4, 0.5) is 0 Å². The van der Waals surface area contributed by atoms with E-state index in [1.165, 1.54) is 0 Å². The van der Waals surface area contributed by atoms with Crippen molar-refractivity contribution in [1.82, 2.24) is 15.0 Å². The summed E-state index contributed by atoms with van der Waals surface area (Å²) in [5.41, 5.74) is 5.91. The Morgan fingerprint density at radius 1 is 1.40 bits per heavy atom. The Labute approximate surface area is 90.6 Å². The molecule has 1 aromatic rings. The van der Waals surface area contributed by atoms with Gasteiger partial charge in [-0.1, -0.05) is 19.0 Å². The fourth-order valence-corrected chi connectivity index (χ4v) is 1.33. The minimum absolute atomic E-state index is 0.176. The van der Waals surface area contributed by atoms with Crippen molar-refractivity contribution in [1.29, 1.82) is 0 Å². The Bertz CT molecular complexity index is 295. The molecule has 1 aromatic heterocycles. The molecule has 2 N–H and O–H groups in total. The predicted molar refractivity (Wildman–Crippen MR) is 58.3 cm³/mol. The van der Waals surface area contributed by atoms with E-state index in [2.05, 4.69) is 24.0 Å². The van der Waals surface area contributed by atoms with E-state index >= 15 is 0 Å². The van der Waals surface area contributed by atoms with Crippen LogP contribution in [0.1, 0.15) is 31.6 Å². The minimum atomic E-state index is -0.176. The normalized spacial score (nSPS) is 13.8. The van der Waals surface area contributed by atoms with E-state index in [-0.39, 0.29) is 6.04 Å². The van der Waals surface area contributed by atoms with E-state index in [9.17, 15) is 0 Å². The fraction of sp³-hybridized carbons (Fsp3) is 0.800. The number of hydrogen-bond donors (Lipinski definition) is 1. The lowest BCUT2D eigenvalue weighted by atomic mass is 10.1. The SMILES string of the molecule is CC(C)Cc1nc(C(N)CN(C)C)no1. The molecular weight excluding hydrogens is 192 g/mol. The van der Waals surface area contributed by atoms with Gasteiger partial charge in [-0.05, 0) is 20.0 Å². The van der Waals surface area contributed by atoms with Crippen molar-refractivity contribution in [2.45, 2.75) is 26.3 Å². The zero-order valence-electron chi connectivity index (χ0n) is 9.90. The van der Waals surface area contributed by atoms with Crippen molar-refractivity contribution >= 4 is 0 Å². The lowest BCUT2D eigenvalue weighted by Gasteiger charge is -2.12. The molecule has 0 aromatic carbocycles. The number of nitrogens with two attached hydrogens (primary N) is 1. The molecule has 0 aliphatic rings. The third kappa shape index (κ3) is 3.97. The van der Waals surface area contributed by atoms with E-state index < -0.39 is 0 Å². The lowest BCUT2D eigenvalue weighted by molar-refractivity contribution is 0.340. The van der Waals surface area contributed by atoms with E-state index in [4.69, 9.17) is 10.3 Å². The quantitative estimate of drug-likeness (QED) is 0.783. The van der Waals surface area contributed by atoms with E-state index in [1.54, 1.807) is 0 Å². The minimum Gasteiger partial charge on any atom is -0.339 e. The van der Waals surface area contributed by atoms with E-state index in [0.717, 1.165) is 13.0 Å². The average Bonchev–Trinajstić information content (AvgIpc) is 2.50. The summed E-state index contributed by atoms with van der Waals surface area (Å²) in [6, 6.07) is -0.176. The van der Waals surface area contributed by atoms with Gasteiger partial charge in [-0.25, -0.2) is 0 Å². The first-order valence-electron chi connectivity index (χ1n) is 5.21. The number of hydrogen-bond acceptors (Lipinski definition) is 5. The summed E-state index contributed by atoms with van der Waals surface area (Å²) in [6.45, 7) is 4.95. The molecule has 0 aliphatic heterocycles. The maximum absolute atomic E-state index is 5.91. The molecule has 1 rings (SSSR count). The Balaban J connectivity index is 2.58. The number of aromatic nitrogens is 2. The third-order valence-corrected chi connectivity index (χ3v) is 1.96. The van der Waals surface area contributed by atoms with Gasteiger partial charge in [0.05, 0.1) is 6.04 Å². The van der Waals surface area contributed by atoms with Crippen LogP contribution in [0.2, 0.25) is 0 Å². The first-order valence-corrected chi connectivity index (χ1v) is 5.21. The molecule has 0 saturated heterocycles. The van der Waals surface area contributed by atoms with Crippen molar-refractivity contribution in [2.24, 2.45) is 11.7 Å². The Kier molecular flexibility index (Phi) is 4.23. The van der Waals surface area contributed by atoms with Crippen molar-refractivity contribution < 1.29 is 4.52 Å². The molecule has 0 radical (unpaired) electrons. The van der Waals surface area contributed by atoms with Crippen LogP contribution in [0.15, 0.2) is 4.52 Å². The van der Waals surface area contributed by atoms with Crippen molar-refractivity contribution in [3.63, 3.8) is 0 Å². The van der Waals surface area contributed by atoms with Gasteiger partial charge in [0.25, 0.3) is 0 Å².